The summed E-state index contributed by atoms with van der Waals surface area (Å²) in [4.78, 5) is 0. The number of hydrazine groups is 1. The van der Waals surface area contributed by atoms with Gasteiger partial charge in [-0.3, -0.25) is 11.3 Å². The molecule has 0 bridgehead atoms. The molecule has 4 heteroatoms. The molecule has 3 N–H and O–H groups in total. The molecule has 2 rings (SSSR count). The summed E-state index contributed by atoms with van der Waals surface area (Å²) < 4.78 is 10.7. The molecule has 1 aliphatic rings. The number of nitrogens with one attached hydrogen (secondary N) is 1. The van der Waals surface area contributed by atoms with Crippen molar-refractivity contribution in [2.24, 2.45) is 17.7 Å². The Hall–Kier alpha value is -1.26. The molecule has 3 unspecified atom stereocenters. The average Bonchev–Trinajstić information content (AvgIpc) is 2.96. The van der Waals surface area contributed by atoms with Crippen LogP contribution in [0.1, 0.15) is 44.2 Å². The van der Waals surface area contributed by atoms with Crippen molar-refractivity contribution in [3.05, 3.63) is 23.8 Å². The third-order valence-electron chi connectivity index (χ3n) is 4.54. The first kappa shape index (κ1) is 15.1. The molecule has 112 valence electrons. The number of rotatable bonds is 6. The van der Waals surface area contributed by atoms with Gasteiger partial charge in [-0.25, -0.2) is 0 Å². The first-order valence-electron chi connectivity index (χ1n) is 7.40. The van der Waals surface area contributed by atoms with E-state index in [1.165, 1.54) is 25.7 Å². The molecule has 3 atom stereocenters. The van der Waals surface area contributed by atoms with Crippen LogP contribution in [-0.4, -0.2) is 14.2 Å². The van der Waals surface area contributed by atoms with Crippen molar-refractivity contribution in [1.82, 2.24) is 5.43 Å². The number of nitrogens with two attached hydrogens (primary N) is 1. The molecule has 0 radical (unpaired) electrons. The minimum absolute atomic E-state index is 0.163. The van der Waals surface area contributed by atoms with Gasteiger partial charge in [0.1, 0.15) is 11.5 Å². The van der Waals surface area contributed by atoms with Gasteiger partial charge in [0.05, 0.1) is 14.2 Å². The first-order valence-corrected chi connectivity index (χ1v) is 7.40. The number of hydrogen-bond acceptors (Lipinski definition) is 4. The molecule has 0 aliphatic heterocycles. The summed E-state index contributed by atoms with van der Waals surface area (Å²) in [5.41, 5.74) is 4.14. The molecule has 0 saturated heterocycles. The van der Waals surface area contributed by atoms with Crippen LogP contribution >= 0.6 is 0 Å². The van der Waals surface area contributed by atoms with Crippen LogP contribution in [0.4, 0.5) is 0 Å². The van der Waals surface area contributed by atoms with E-state index in [9.17, 15) is 0 Å². The molecule has 0 heterocycles. The molecule has 0 amide bonds. The molecule has 1 aromatic carbocycles. The summed E-state index contributed by atoms with van der Waals surface area (Å²) >= 11 is 0. The second kappa shape index (κ2) is 6.95. The molecular weight excluding hydrogens is 252 g/mol. The lowest BCUT2D eigenvalue weighted by Crippen LogP contribution is -2.32. The van der Waals surface area contributed by atoms with Crippen molar-refractivity contribution in [2.75, 3.05) is 14.2 Å². The van der Waals surface area contributed by atoms with Gasteiger partial charge in [0.25, 0.3) is 0 Å². The van der Waals surface area contributed by atoms with Crippen LogP contribution in [0, 0.1) is 11.8 Å². The fraction of sp³-hybridized carbons (Fsp3) is 0.625. The van der Waals surface area contributed by atoms with Crippen molar-refractivity contribution in [3.63, 3.8) is 0 Å². The van der Waals surface area contributed by atoms with Gasteiger partial charge in [-0.05, 0) is 42.4 Å². The summed E-state index contributed by atoms with van der Waals surface area (Å²) in [6.07, 6.45) is 5.04. The molecule has 1 saturated carbocycles. The fourth-order valence-electron chi connectivity index (χ4n) is 3.30. The van der Waals surface area contributed by atoms with E-state index in [2.05, 4.69) is 12.3 Å². The maximum absolute atomic E-state index is 5.82. The highest BCUT2D eigenvalue weighted by atomic mass is 16.5. The minimum atomic E-state index is 0.163. The van der Waals surface area contributed by atoms with Crippen LogP contribution in [0.3, 0.4) is 0 Å². The van der Waals surface area contributed by atoms with E-state index < -0.39 is 0 Å². The van der Waals surface area contributed by atoms with Crippen molar-refractivity contribution >= 4 is 0 Å². The van der Waals surface area contributed by atoms with Gasteiger partial charge in [0.2, 0.25) is 0 Å². The van der Waals surface area contributed by atoms with Crippen molar-refractivity contribution in [2.45, 2.75) is 38.6 Å². The lowest BCUT2D eigenvalue weighted by Gasteiger charge is -2.24. The Kier molecular flexibility index (Phi) is 5.26. The van der Waals surface area contributed by atoms with E-state index in [0.29, 0.717) is 5.92 Å². The Labute approximate surface area is 121 Å². The standard InChI is InChI=1S/C16H26N2O2/c1-4-11-5-6-12(7-11)16(18-17)13-8-14(19-2)10-15(9-13)20-3/h8-12,16,18H,4-7,17H2,1-3H3. The van der Waals surface area contributed by atoms with Crippen molar-refractivity contribution < 1.29 is 9.47 Å². The van der Waals surface area contributed by atoms with Crippen LogP contribution in [-0.2, 0) is 0 Å². The number of hydrogen-bond donors (Lipinski definition) is 2. The third-order valence-corrected chi connectivity index (χ3v) is 4.54. The normalized spacial score (nSPS) is 23.6. The van der Waals surface area contributed by atoms with E-state index in [0.717, 1.165) is 23.0 Å². The lowest BCUT2D eigenvalue weighted by molar-refractivity contribution is 0.351. The highest BCUT2D eigenvalue weighted by Crippen LogP contribution is 2.41. The maximum Gasteiger partial charge on any atom is 0.122 e. The molecule has 1 fully saturated rings. The Bertz CT molecular complexity index is 414. The summed E-state index contributed by atoms with van der Waals surface area (Å²) in [6.45, 7) is 2.27. The molecule has 0 spiro atoms. The molecule has 1 aromatic rings. The highest BCUT2D eigenvalue weighted by molar-refractivity contribution is 5.40. The minimum Gasteiger partial charge on any atom is -0.497 e. The summed E-state index contributed by atoms with van der Waals surface area (Å²) in [7, 11) is 3.35. The highest BCUT2D eigenvalue weighted by Gasteiger charge is 2.30. The number of ether oxygens (including phenoxy) is 2. The van der Waals surface area contributed by atoms with Gasteiger partial charge in [-0.2, -0.15) is 0 Å². The summed E-state index contributed by atoms with van der Waals surface area (Å²) in [5, 5.41) is 0. The zero-order valence-corrected chi connectivity index (χ0v) is 12.7. The third kappa shape index (κ3) is 3.25. The largest absolute Gasteiger partial charge is 0.497 e. The molecule has 4 nitrogen and oxygen atoms in total. The molecular formula is C16H26N2O2. The van der Waals surface area contributed by atoms with Crippen molar-refractivity contribution in [1.29, 1.82) is 0 Å². The summed E-state index contributed by atoms with van der Waals surface area (Å²) in [5.74, 6) is 8.86. The first-order chi connectivity index (χ1) is 9.71. The zero-order valence-electron chi connectivity index (χ0n) is 12.7. The SMILES string of the molecule is CCC1CCC(C(NN)c2cc(OC)cc(OC)c2)C1. The van der Waals surface area contributed by atoms with Crippen LogP contribution in [0.25, 0.3) is 0 Å². The van der Waals surface area contributed by atoms with Gasteiger partial charge < -0.3 is 9.47 Å². The van der Waals surface area contributed by atoms with Crippen LogP contribution in [0.2, 0.25) is 0 Å². The monoisotopic (exact) mass is 278 g/mol. The quantitative estimate of drug-likeness (QED) is 0.620. The Morgan fingerprint density at radius 1 is 1.20 bits per heavy atom. The van der Waals surface area contributed by atoms with Crippen LogP contribution in [0.15, 0.2) is 18.2 Å². The predicted molar refractivity (Wildman–Crippen MR) is 80.7 cm³/mol. The van der Waals surface area contributed by atoms with Crippen LogP contribution in [0.5, 0.6) is 11.5 Å². The average molecular weight is 278 g/mol. The zero-order chi connectivity index (χ0) is 14.5. The van der Waals surface area contributed by atoms with E-state index in [-0.39, 0.29) is 6.04 Å². The molecule has 20 heavy (non-hydrogen) atoms. The lowest BCUT2D eigenvalue weighted by atomic mass is 9.90. The van der Waals surface area contributed by atoms with Crippen molar-refractivity contribution in [3.8, 4) is 11.5 Å². The number of methoxy groups -OCH3 is 2. The van der Waals surface area contributed by atoms with Gasteiger partial charge in [-0.15, -0.1) is 0 Å². The van der Waals surface area contributed by atoms with E-state index >= 15 is 0 Å². The summed E-state index contributed by atoms with van der Waals surface area (Å²) in [6, 6.07) is 6.15. The van der Waals surface area contributed by atoms with E-state index in [1.807, 2.05) is 18.2 Å². The van der Waals surface area contributed by atoms with Gasteiger partial charge in [0.15, 0.2) is 0 Å². The molecule has 0 aromatic heterocycles. The van der Waals surface area contributed by atoms with Crippen LogP contribution < -0.4 is 20.7 Å². The second-order valence-corrected chi connectivity index (χ2v) is 5.64. The van der Waals surface area contributed by atoms with Gasteiger partial charge in [0, 0.05) is 12.1 Å². The smallest absolute Gasteiger partial charge is 0.122 e. The Morgan fingerprint density at radius 2 is 1.85 bits per heavy atom. The number of benzene rings is 1. The van der Waals surface area contributed by atoms with Gasteiger partial charge >= 0.3 is 0 Å². The van der Waals surface area contributed by atoms with Gasteiger partial charge in [-0.1, -0.05) is 19.8 Å². The van der Waals surface area contributed by atoms with E-state index in [4.69, 9.17) is 15.3 Å². The second-order valence-electron chi connectivity index (χ2n) is 5.64. The topological polar surface area (TPSA) is 56.5 Å². The maximum atomic E-state index is 5.82. The molecule has 1 aliphatic carbocycles. The van der Waals surface area contributed by atoms with E-state index in [1.54, 1.807) is 14.2 Å². The predicted octanol–water partition coefficient (Wildman–Crippen LogP) is 3.03. The fourth-order valence-corrected chi connectivity index (χ4v) is 3.30. The Morgan fingerprint density at radius 3 is 2.30 bits per heavy atom. The Balaban J connectivity index is 2.22.